The summed E-state index contributed by atoms with van der Waals surface area (Å²) in [5.41, 5.74) is 2.94. The van der Waals surface area contributed by atoms with Gasteiger partial charge in [0.25, 0.3) is 0 Å². The number of aryl methyl sites for hydroxylation is 1. The van der Waals surface area contributed by atoms with E-state index >= 15 is 0 Å². The van der Waals surface area contributed by atoms with E-state index in [1.54, 1.807) is 6.07 Å². The van der Waals surface area contributed by atoms with Crippen molar-refractivity contribution in [3.05, 3.63) is 65.9 Å². The smallest absolute Gasteiger partial charge is 0.229 e. The average Bonchev–Trinajstić information content (AvgIpc) is 2.63. The Morgan fingerprint density at radius 2 is 1.81 bits per heavy atom. The number of nitrogens with one attached hydrogen (secondary N) is 2. The molecule has 0 saturated heterocycles. The van der Waals surface area contributed by atoms with Crippen molar-refractivity contribution in [3.63, 3.8) is 0 Å². The lowest BCUT2D eigenvalue weighted by Crippen LogP contribution is -2.03. The third-order valence-corrected chi connectivity index (χ3v) is 3.59. The maximum absolute atomic E-state index is 9.22. The maximum atomic E-state index is 9.22. The summed E-state index contributed by atoms with van der Waals surface area (Å²) in [6, 6.07) is 18.9. The molecular formula is C20H19N5O. The second-order valence-electron chi connectivity index (χ2n) is 5.58. The fourth-order valence-corrected chi connectivity index (χ4v) is 2.45. The number of hydrogen-bond donors (Lipinski definition) is 2. The summed E-state index contributed by atoms with van der Waals surface area (Å²) in [6.07, 6.45) is 0. The highest BCUT2D eigenvalue weighted by Gasteiger charge is 2.06. The summed E-state index contributed by atoms with van der Waals surface area (Å²) in [5, 5.41) is 15.6. The summed E-state index contributed by atoms with van der Waals surface area (Å²) in [7, 11) is 0. The third-order valence-electron chi connectivity index (χ3n) is 3.59. The van der Waals surface area contributed by atoms with Crippen LogP contribution < -0.4 is 15.4 Å². The molecule has 6 nitrogen and oxygen atoms in total. The van der Waals surface area contributed by atoms with E-state index in [0.29, 0.717) is 29.6 Å². The largest absolute Gasteiger partial charge is 0.494 e. The molecule has 6 heteroatoms. The van der Waals surface area contributed by atoms with Gasteiger partial charge in [0.15, 0.2) is 0 Å². The van der Waals surface area contributed by atoms with Crippen molar-refractivity contribution < 1.29 is 4.74 Å². The number of rotatable bonds is 6. The van der Waals surface area contributed by atoms with Crippen molar-refractivity contribution >= 4 is 23.1 Å². The third kappa shape index (κ3) is 4.28. The Bertz CT molecular complexity index is 932. The molecule has 130 valence electrons. The van der Waals surface area contributed by atoms with Crippen molar-refractivity contribution in [2.24, 2.45) is 0 Å². The normalized spacial score (nSPS) is 10.0. The highest BCUT2D eigenvalue weighted by atomic mass is 16.5. The molecule has 3 aromatic rings. The van der Waals surface area contributed by atoms with E-state index in [1.807, 2.05) is 62.4 Å². The first-order chi connectivity index (χ1) is 12.7. The monoisotopic (exact) mass is 345 g/mol. The Labute approximate surface area is 152 Å². The maximum Gasteiger partial charge on any atom is 0.229 e. The molecule has 0 aliphatic heterocycles. The molecule has 26 heavy (non-hydrogen) atoms. The molecule has 1 heterocycles. The van der Waals surface area contributed by atoms with Crippen LogP contribution >= 0.6 is 0 Å². The molecule has 0 amide bonds. The average molecular weight is 345 g/mol. The zero-order chi connectivity index (χ0) is 18.4. The number of hydrogen-bond acceptors (Lipinski definition) is 6. The Morgan fingerprint density at radius 1 is 1.04 bits per heavy atom. The molecule has 0 aliphatic rings. The number of anilines is 4. The van der Waals surface area contributed by atoms with Gasteiger partial charge >= 0.3 is 0 Å². The fraction of sp³-hybridized carbons (Fsp3) is 0.150. The topological polar surface area (TPSA) is 82.9 Å². The lowest BCUT2D eigenvalue weighted by atomic mass is 10.2. The first-order valence-electron chi connectivity index (χ1n) is 8.29. The van der Waals surface area contributed by atoms with Crippen LogP contribution in [0.5, 0.6) is 5.75 Å². The second kappa shape index (κ2) is 7.99. The molecule has 1 aromatic heterocycles. The van der Waals surface area contributed by atoms with Crippen LogP contribution in [0, 0.1) is 18.3 Å². The van der Waals surface area contributed by atoms with Crippen LogP contribution in [-0.2, 0) is 0 Å². The molecule has 0 saturated carbocycles. The molecule has 2 aromatic carbocycles. The number of nitrogens with zero attached hydrogens (tertiary/aromatic N) is 3. The van der Waals surface area contributed by atoms with Crippen LogP contribution in [0.15, 0.2) is 54.6 Å². The summed E-state index contributed by atoms with van der Waals surface area (Å²) in [4.78, 5) is 8.90. The summed E-state index contributed by atoms with van der Waals surface area (Å²) in [5.74, 6) is 1.92. The van der Waals surface area contributed by atoms with Crippen LogP contribution in [0.2, 0.25) is 0 Å². The highest BCUT2D eigenvalue weighted by molar-refractivity contribution is 5.65. The molecular weight excluding hydrogens is 326 g/mol. The van der Waals surface area contributed by atoms with Gasteiger partial charge in [-0.25, -0.2) is 4.98 Å². The van der Waals surface area contributed by atoms with E-state index in [2.05, 4.69) is 26.7 Å². The minimum Gasteiger partial charge on any atom is -0.494 e. The van der Waals surface area contributed by atoms with Crippen LogP contribution in [0.25, 0.3) is 0 Å². The van der Waals surface area contributed by atoms with Crippen LogP contribution in [-0.4, -0.2) is 16.6 Å². The standard InChI is InChI=1S/C20H19N5O/c1-3-26-17-10-8-16(9-11-17)23-20-22-14(2)12-19(25-20)24-18-7-5-4-6-15(18)13-21/h4-12H,3H2,1-2H3,(H2,22,23,24,25). The Kier molecular flexibility index (Phi) is 5.30. The van der Waals surface area contributed by atoms with Crippen LogP contribution in [0.4, 0.5) is 23.1 Å². The SMILES string of the molecule is CCOc1ccc(Nc2nc(C)cc(Nc3ccccc3C#N)n2)cc1. The predicted molar refractivity (Wildman–Crippen MR) is 102 cm³/mol. The number of ether oxygens (including phenoxy) is 1. The first-order valence-corrected chi connectivity index (χ1v) is 8.29. The van der Waals surface area contributed by atoms with Gasteiger partial charge in [-0.1, -0.05) is 12.1 Å². The van der Waals surface area contributed by atoms with Gasteiger partial charge in [-0.05, 0) is 50.2 Å². The van der Waals surface area contributed by atoms with Crippen molar-refractivity contribution in [3.8, 4) is 11.8 Å². The molecule has 3 rings (SSSR count). The lowest BCUT2D eigenvalue weighted by Gasteiger charge is -2.11. The molecule has 0 atom stereocenters. The van der Waals surface area contributed by atoms with Crippen LogP contribution in [0.1, 0.15) is 18.2 Å². The van der Waals surface area contributed by atoms with Crippen molar-refractivity contribution in [1.29, 1.82) is 5.26 Å². The predicted octanol–water partition coefficient (Wildman–Crippen LogP) is 4.54. The van der Waals surface area contributed by atoms with Gasteiger partial charge in [-0.2, -0.15) is 10.2 Å². The molecule has 2 N–H and O–H groups in total. The zero-order valence-electron chi connectivity index (χ0n) is 14.7. The quantitative estimate of drug-likeness (QED) is 0.682. The Hall–Kier alpha value is -3.59. The molecule has 0 aliphatic carbocycles. The second-order valence-corrected chi connectivity index (χ2v) is 5.58. The molecule has 0 spiro atoms. The first kappa shape index (κ1) is 17.2. The molecule has 0 unspecified atom stereocenters. The highest BCUT2D eigenvalue weighted by Crippen LogP contribution is 2.22. The Balaban J connectivity index is 1.80. The van der Waals surface area contributed by atoms with Gasteiger partial charge in [0.2, 0.25) is 5.95 Å². The lowest BCUT2D eigenvalue weighted by molar-refractivity contribution is 0.340. The van der Waals surface area contributed by atoms with Gasteiger partial charge in [0, 0.05) is 17.4 Å². The fourth-order valence-electron chi connectivity index (χ4n) is 2.45. The van der Waals surface area contributed by atoms with Gasteiger partial charge in [0.05, 0.1) is 17.9 Å². The van der Waals surface area contributed by atoms with Gasteiger partial charge < -0.3 is 15.4 Å². The van der Waals surface area contributed by atoms with E-state index < -0.39 is 0 Å². The number of benzene rings is 2. The van der Waals surface area contributed by atoms with Crippen molar-refractivity contribution in [1.82, 2.24) is 9.97 Å². The Morgan fingerprint density at radius 3 is 2.54 bits per heavy atom. The summed E-state index contributed by atoms with van der Waals surface area (Å²) >= 11 is 0. The summed E-state index contributed by atoms with van der Waals surface area (Å²) in [6.45, 7) is 4.48. The van der Waals surface area contributed by atoms with Gasteiger partial charge in [0.1, 0.15) is 17.6 Å². The van der Waals surface area contributed by atoms with Crippen molar-refractivity contribution in [2.75, 3.05) is 17.2 Å². The van der Waals surface area contributed by atoms with E-state index in [1.165, 1.54) is 0 Å². The van der Waals surface area contributed by atoms with Gasteiger partial charge in [-0.15, -0.1) is 0 Å². The minimum atomic E-state index is 0.478. The molecule has 0 fully saturated rings. The van der Waals surface area contributed by atoms with E-state index in [4.69, 9.17) is 4.74 Å². The zero-order valence-corrected chi connectivity index (χ0v) is 14.7. The van der Waals surface area contributed by atoms with E-state index in [-0.39, 0.29) is 0 Å². The number of nitriles is 1. The van der Waals surface area contributed by atoms with E-state index in [0.717, 1.165) is 17.1 Å². The van der Waals surface area contributed by atoms with Crippen molar-refractivity contribution in [2.45, 2.75) is 13.8 Å². The molecule has 0 radical (unpaired) electrons. The minimum absolute atomic E-state index is 0.478. The van der Waals surface area contributed by atoms with E-state index in [9.17, 15) is 5.26 Å². The summed E-state index contributed by atoms with van der Waals surface area (Å²) < 4.78 is 5.44. The molecule has 0 bridgehead atoms. The van der Waals surface area contributed by atoms with Crippen LogP contribution in [0.3, 0.4) is 0 Å². The number of aromatic nitrogens is 2. The van der Waals surface area contributed by atoms with Gasteiger partial charge in [-0.3, -0.25) is 0 Å². The number of para-hydroxylation sites is 1.